The van der Waals surface area contributed by atoms with E-state index in [4.69, 9.17) is 16.2 Å². The van der Waals surface area contributed by atoms with Crippen molar-refractivity contribution in [1.29, 1.82) is 0 Å². The summed E-state index contributed by atoms with van der Waals surface area (Å²) in [6, 6.07) is 17.2. The number of benzene rings is 3. The van der Waals surface area contributed by atoms with Crippen LogP contribution in [0.1, 0.15) is 29.6 Å². The lowest BCUT2D eigenvalue weighted by Crippen LogP contribution is -2.33. The average molecular weight is 389 g/mol. The van der Waals surface area contributed by atoms with Gasteiger partial charge < -0.3 is 16.2 Å². The number of carbonyl (C=O) groups is 1. The van der Waals surface area contributed by atoms with Gasteiger partial charge in [-0.05, 0) is 66.7 Å². The van der Waals surface area contributed by atoms with Crippen LogP contribution in [0.2, 0.25) is 0 Å². The van der Waals surface area contributed by atoms with Gasteiger partial charge in [0.15, 0.2) is 0 Å². The molecule has 0 atom stereocenters. The molecule has 0 aliphatic carbocycles. The molecule has 29 heavy (non-hydrogen) atoms. The molecule has 0 bridgehead atoms. The number of anilines is 1. The molecule has 0 saturated carbocycles. The second kappa shape index (κ2) is 8.53. The van der Waals surface area contributed by atoms with Gasteiger partial charge in [-0.3, -0.25) is 9.69 Å². The number of amides is 1. The molecular weight excluding hydrogens is 362 g/mol. The zero-order valence-corrected chi connectivity index (χ0v) is 16.6. The minimum absolute atomic E-state index is 0.458. The highest BCUT2D eigenvalue weighted by molar-refractivity contribution is 6.08. The van der Waals surface area contributed by atoms with E-state index in [0.717, 1.165) is 47.3 Å². The molecule has 0 aromatic heterocycles. The number of carbonyl (C=O) groups excluding carboxylic acids is 1. The van der Waals surface area contributed by atoms with E-state index >= 15 is 0 Å². The van der Waals surface area contributed by atoms with Gasteiger partial charge in [0.25, 0.3) is 0 Å². The van der Waals surface area contributed by atoms with Crippen LogP contribution in [-0.2, 0) is 0 Å². The van der Waals surface area contributed by atoms with Crippen molar-refractivity contribution in [2.75, 3.05) is 32.0 Å². The van der Waals surface area contributed by atoms with Crippen LogP contribution in [0.5, 0.6) is 5.75 Å². The molecule has 4 N–H and O–H groups in total. The number of hydrogen-bond donors (Lipinski definition) is 2. The SMILES string of the molecule is NC(=O)c1ccc(OCCN2CCCCC2)cc1-c1ccc(N)c2ccccc12. The standard InChI is InChI=1S/C24H27N3O2/c25-23-11-10-19(18-6-2-3-7-20(18)23)22-16-17(8-9-21(22)24(26)28)29-15-14-27-12-4-1-5-13-27/h2-3,6-11,16H,1,4-5,12-15,25H2,(H2,26,28). The second-order valence-electron chi connectivity index (χ2n) is 7.57. The Morgan fingerprint density at radius 1 is 0.931 bits per heavy atom. The van der Waals surface area contributed by atoms with Gasteiger partial charge in [0, 0.05) is 23.2 Å². The van der Waals surface area contributed by atoms with Gasteiger partial charge >= 0.3 is 0 Å². The summed E-state index contributed by atoms with van der Waals surface area (Å²) in [4.78, 5) is 14.5. The number of fused-ring (bicyclic) bond motifs is 1. The third kappa shape index (κ3) is 4.20. The molecule has 4 rings (SSSR count). The number of nitrogen functional groups attached to an aromatic ring is 1. The lowest BCUT2D eigenvalue weighted by Gasteiger charge is -2.26. The average Bonchev–Trinajstić information content (AvgIpc) is 2.75. The van der Waals surface area contributed by atoms with Crippen LogP contribution in [0.3, 0.4) is 0 Å². The fourth-order valence-electron chi connectivity index (χ4n) is 4.08. The predicted molar refractivity (Wildman–Crippen MR) is 118 cm³/mol. The molecule has 0 radical (unpaired) electrons. The number of primary amides is 1. The van der Waals surface area contributed by atoms with E-state index in [9.17, 15) is 4.79 Å². The minimum Gasteiger partial charge on any atom is -0.492 e. The Morgan fingerprint density at radius 3 is 2.45 bits per heavy atom. The number of rotatable bonds is 6. The fraction of sp³-hybridized carbons (Fsp3) is 0.292. The molecule has 5 heteroatoms. The molecule has 3 aromatic rings. The molecule has 0 unspecified atom stereocenters. The minimum atomic E-state index is -0.458. The van der Waals surface area contributed by atoms with E-state index in [1.54, 1.807) is 6.07 Å². The van der Waals surface area contributed by atoms with Gasteiger partial charge in [-0.1, -0.05) is 36.8 Å². The van der Waals surface area contributed by atoms with Crippen molar-refractivity contribution in [3.8, 4) is 16.9 Å². The maximum atomic E-state index is 12.1. The molecule has 1 amide bonds. The maximum absolute atomic E-state index is 12.1. The first-order valence-electron chi connectivity index (χ1n) is 10.2. The third-order valence-electron chi connectivity index (χ3n) is 5.63. The summed E-state index contributed by atoms with van der Waals surface area (Å²) in [6.45, 7) is 3.83. The van der Waals surface area contributed by atoms with E-state index in [-0.39, 0.29) is 0 Å². The van der Waals surface area contributed by atoms with Crippen molar-refractivity contribution < 1.29 is 9.53 Å². The number of piperidine rings is 1. The van der Waals surface area contributed by atoms with Gasteiger partial charge in [-0.25, -0.2) is 0 Å². The van der Waals surface area contributed by atoms with Crippen LogP contribution in [-0.4, -0.2) is 37.0 Å². The first-order chi connectivity index (χ1) is 14.1. The zero-order valence-electron chi connectivity index (χ0n) is 16.6. The highest BCUT2D eigenvalue weighted by Crippen LogP contribution is 2.35. The largest absolute Gasteiger partial charge is 0.492 e. The van der Waals surface area contributed by atoms with Crippen molar-refractivity contribution in [3.63, 3.8) is 0 Å². The fourth-order valence-corrected chi connectivity index (χ4v) is 4.08. The molecule has 1 fully saturated rings. The topological polar surface area (TPSA) is 81.6 Å². The summed E-state index contributed by atoms with van der Waals surface area (Å²) in [5.41, 5.74) is 14.7. The third-order valence-corrected chi connectivity index (χ3v) is 5.63. The summed E-state index contributed by atoms with van der Waals surface area (Å²) in [5, 5.41) is 1.94. The van der Waals surface area contributed by atoms with Crippen molar-refractivity contribution in [2.24, 2.45) is 5.73 Å². The van der Waals surface area contributed by atoms with E-state index in [1.807, 2.05) is 48.5 Å². The Kier molecular flexibility index (Phi) is 5.67. The molecule has 1 saturated heterocycles. The molecule has 3 aromatic carbocycles. The van der Waals surface area contributed by atoms with Crippen LogP contribution in [0, 0.1) is 0 Å². The Hall–Kier alpha value is -3.05. The number of ether oxygens (including phenoxy) is 1. The molecule has 1 aliphatic rings. The van der Waals surface area contributed by atoms with Crippen molar-refractivity contribution in [2.45, 2.75) is 19.3 Å². The van der Waals surface area contributed by atoms with Crippen molar-refractivity contribution in [3.05, 3.63) is 60.2 Å². The van der Waals surface area contributed by atoms with Crippen LogP contribution >= 0.6 is 0 Å². The van der Waals surface area contributed by atoms with Gasteiger partial charge in [0.2, 0.25) is 5.91 Å². The molecular formula is C24H27N3O2. The zero-order chi connectivity index (χ0) is 20.2. The van der Waals surface area contributed by atoms with Crippen LogP contribution < -0.4 is 16.2 Å². The highest BCUT2D eigenvalue weighted by atomic mass is 16.5. The molecule has 5 nitrogen and oxygen atoms in total. The summed E-state index contributed by atoms with van der Waals surface area (Å²) in [6.07, 6.45) is 3.86. The molecule has 150 valence electrons. The monoisotopic (exact) mass is 389 g/mol. The van der Waals surface area contributed by atoms with Gasteiger partial charge in [0.05, 0.1) is 0 Å². The Morgan fingerprint density at radius 2 is 1.69 bits per heavy atom. The first-order valence-corrected chi connectivity index (χ1v) is 10.2. The molecule has 1 aliphatic heterocycles. The van der Waals surface area contributed by atoms with Gasteiger partial charge in [-0.15, -0.1) is 0 Å². The quantitative estimate of drug-likeness (QED) is 0.623. The molecule has 0 spiro atoms. The highest BCUT2D eigenvalue weighted by Gasteiger charge is 2.15. The number of likely N-dealkylation sites (tertiary alicyclic amines) is 1. The maximum Gasteiger partial charge on any atom is 0.249 e. The lowest BCUT2D eigenvalue weighted by atomic mass is 9.93. The van der Waals surface area contributed by atoms with E-state index < -0.39 is 5.91 Å². The number of hydrogen-bond acceptors (Lipinski definition) is 4. The van der Waals surface area contributed by atoms with Gasteiger partial charge in [-0.2, -0.15) is 0 Å². The second-order valence-corrected chi connectivity index (χ2v) is 7.57. The number of nitrogens with zero attached hydrogens (tertiary/aromatic N) is 1. The van der Waals surface area contributed by atoms with E-state index in [0.29, 0.717) is 17.9 Å². The normalized spacial score (nSPS) is 14.8. The van der Waals surface area contributed by atoms with Crippen molar-refractivity contribution in [1.82, 2.24) is 4.90 Å². The van der Waals surface area contributed by atoms with E-state index in [1.165, 1.54) is 19.3 Å². The smallest absolute Gasteiger partial charge is 0.249 e. The Balaban J connectivity index is 1.64. The Labute approximate surface area is 171 Å². The summed E-state index contributed by atoms with van der Waals surface area (Å²) in [5.74, 6) is 0.281. The van der Waals surface area contributed by atoms with Gasteiger partial charge in [0.1, 0.15) is 12.4 Å². The molecule has 1 heterocycles. The lowest BCUT2D eigenvalue weighted by molar-refractivity contribution is 0.100. The summed E-state index contributed by atoms with van der Waals surface area (Å²) in [7, 11) is 0. The van der Waals surface area contributed by atoms with Crippen LogP contribution in [0.4, 0.5) is 5.69 Å². The summed E-state index contributed by atoms with van der Waals surface area (Å²) >= 11 is 0. The van der Waals surface area contributed by atoms with Crippen LogP contribution in [0.15, 0.2) is 54.6 Å². The first kappa shape index (κ1) is 19.3. The van der Waals surface area contributed by atoms with Crippen molar-refractivity contribution >= 4 is 22.4 Å². The summed E-state index contributed by atoms with van der Waals surface area (Å²) < 4.78 is 6.02. The van der Waals surface area contributed by atoms with Crippen LogP contribution in [0.25, 0.3) is 21.9 Å². The predicted octanol–water partition coefficient (Wildman–Crippen LogP) is 4.05. The Bertz CT molecular complexity index is 1030. The van der Waals surface area contributed by atoms with E-state index in [2.05, 4.69) is 4.90 Å². The number of nitrogens with two attached hydrogens (primary N) is 2.